The molecule has 108 valence electrons. The van der Waals surface area contributed by atoms with Gasteiger partial charge in [0.2, 0.25) is 0 Å². The summed E-state index contributed by atoms with van der Waals surface area (Å²) < 4.78 is 10.1. The standard InChI is InChI=1S/C17H16O4/c1-20-17(19)15-10-6-5-9-14(15)16(18)12-21-11-13-7-3-2-4-8-13/h2-10H,11-12H2,1H3. The van der Waals surface area contributed by atoms with Crippen LogP contribution in [0, 0.1) is 0 Å². The second-order valence-corrected chi connectivity index (χ2v) is 4.44. The largest absolute Gasteiger partial charge is 0.465 e. The third kappa shape index (κ3) is 4.00. The second kappa shape index (κ2) is 7.36. The lowest BCUT2D eigenvalue weighted by atomic mass is 10.0. The molecule has 0 unspecified atom stereocenters. The van der Waals surface area contributed by atoms with E-state index < -0.39 is 5.97 Å². The summed E-state index contributed by atoms with van der Waals surface area (Å²) in [6, 6.07) is 16.1. The summed E-state index contributed by atoms with van der Waals surface area (Å²) in [5.41, 5.74) is 1.57. The highest BCUT2D eigenvalue weighted by Gasteiger charge is 2.16. The van der Waals surface area contributed by atoms with Crippen molar-refractivity contribution in [3.63, 3.8) is 0 Å². The molecule has 0 atom stereocenters. The predicted octanol–water partition coefficient (Wildman–Crippen LogP) is 2.87. The molecule has 4 heteroatoms. The third-order valence-corrected chi connectivity index (χ3v) is 2.98. The number of methoxy groups -OCH3 is 1. The molecule has 0 saturated carbocycles. The maximum absolute atomic E-state index is 12.1. The summed E-state index contributed by atoms with van der Waals surface area (Å²) >= 11 is 0. The van der Waals surface area contributed by atoms with Gasteiger partial charge in [0.1, 0.15) is 6.61 Å². The van der Waals surface area contributed by atoms with Crippen LogP contribution in [-0.4, -0.2) is 25.5 Å². The molecule has 0 amide bonds. The zero-order valence-electron chi connectivity index (χ0n) is 11.7. The number of carbonyl (C=O) groups excluding carboxylic acids is 2. The van der Waals surface area contributed by atoms with Gasteiger partial charge in [0, 0.05) is 5.56 Å². The molecule has 21 heavy (non-hydrogen) atoms. The normalized spacial score (nSPS) is 10.1. The van der Waals surface area contributed by atoms with E-state index in [2.05, 4.69) is 4.74 Å². The van der Waals surface area contributed by atoms with Gasteiger partial charge in [0.15, 0.2) is 5.78 Å². The minimum Gasteiger partial charge on any atom is -0.465 e. The van der Waals surface area contributed by atoms with E-state index in [0.717, 1.165) is 5.56 Å². The first-order chi connectivity index (χ1) is 10.2. The molecule has 0 spiro atoms. The first-order valence-electron chi connectivity index (χ1n) is 6.54. The Labute approximate surface area is 123 Å². The molecule has 0 fully saturated rings. The molecule has 2 aromatic rings. The molecule has 0 aliphatic heterocycles. The number of benzene rings is 2. The average molecular weight is 284 g/mol. The Kier molecular flexibility index (Phi) is 5.23. The Morgan fingerprint density at radius 2 is 1.52 bits per heavy atom. The summed E-state index contributed by atoms with van der Waals surface area (Å²) in [4.78, 5) is 23.8. The summed E-state index contributed by atoms with van der Waals surface area (Å²) in [6.45, 7) is 0.274. The van der Waals surface area contributed by atoms with E-state index in [-0.39, 0.29) is 18.0 Å². The number of esters is 1. The Bertz CT molecular complexity index is 620. The summed E-state index contributed by atoms with van der Waals surface area (Å²) in [5.74, 6) is -0.769. The molecular formula is C17H16O4. The topological polar surface area (TPSA) is 52.6 Å². The van der Waals surface area contributed by atoms with E-state index in [1.54, 1.807) is 24.3 Å². The van der Waals surface area contributed by atoms with Gasteiger partial charge in [0.05, 0.1) is 19.3 Å². The fourth-order valence-electron chi connectivity index (χ4n) is 1.93. The van der Waals surface area contributed by atoms with E-state index in [1.165, 1.54) is 7.11 Å². The fraction of sp³-hybridized carbons (Fsp3) is 0.176. The van der Waals surface area contributed by atoms with Crippen LogP contribution in [-0.2, 0) is 16.1 Å². The molecule has 2 aromatic carbocycles. The van der Waals surface area contributed by atoms with Crippen LogP contribution in [0.2, 0.25) is 0 Å². The molecule has 0 saturated heterocycles. The number of ketones is 1. The Balaban J connectivity index is 1.99. The van der Waals surface area contributed by atoms with Crippen LogP contribution >= 0.6 is 0 Å². The van der Waals surface area contributed by atoms with Crippen molar-refractivity contribution in [1.29, 1.82) is 0 Å². The van der Waals surface area contributed by atoms with Gasteiger partial charge in [0.25, 0.3) is 0 Å². The zero-order valence-corrected chi connectivity index (χ0v) is 11.7. The minimum atomic E-state index is -0.526. The zero-order chi connectivity index (χ0) is 15.1. The highest BCUT2D eigenvalue weighted by atomic mass is 16.5. The number of Topliss-reactive ketones (excluding diaryl/α,β-unsaturated/α-hetero) is 1. The van der Waals surface area contributed by atoms with Crippen LogP contribution in [0.15, 0.2) is 54.6 Å². The molecule has 0 bridgehead atoms. The molecule has 0 aliphatic carbocycles. The van der Waals surface area contributed by atoms with Crippen molar-refractivity contribution in [2.24, 2.45) is 0 Å². The highest BCUT2D eigenvalue weighted by molar-refractivity contribution is 6.06. The van der Waals surface area contributed by atoms with E-state index >= 15 is 0 Å². The van der Waals surface area contributed by atoms with Crippen molar-refractivity contribution in [3.05, 3.63) is 71.3 Å². The van der Waals surface area contributed by atoms with Crippen LogP contribution in [0.1, 0.15) is 26.3 Å². The van der Waals surface area contributed by atoms with E-state index in [1.807, 2.05) is 30.3 Å². The van der Waals surface area contributed by atoms with Crippen molar-refractivity contribution < 1.29 is 19.1 Å². The van der Waals surface area contributed by atoms with E-state index in [4.69, 9.17) is 4.74 Å². The first-order valence-corrected chi connectivity index (χ1v) is 6.54. The van der Waals surface area contributed by atoms with Crippen LogP contribution in [0.4, 0.5) is 0 Å². The lowest BCUT2D eigenvalue weighted by Crippen LogP contribution is -2.14. The van der Waals surface area contributed by atoms with Gasteiger partial charge < -0.3 is 9.47 Å². The van der Waals surface area contributed by atoms with Crippen LogP contribution < -0.4 is 0 Å². The number of ether oxygens (including phenoxy) is 2. The highest BCUT2D eigenvalue weighted by Crippen LogP contribution is 2.11. The molecule has 0 radical (unpaired) electrons. The van der Waals surface area contributed by atoms with Gasteiger partial charge in [-0.2, -0.15) is 0 Å². The molecular weight excluding hydrogens is 268 g/mol. The van der Waals surface area contributed by atoms with Gasteiger partial charge in [-0.1, -0.05) is 48.5 Å². The molecule has 0 aliphatic rings. The van der Waals surface area contributed by atoms with Gasteiger partial charge >= 0.3 is 5.97 Å². The monoisotopic (exact) mass is 284 g/mol. The summed E-state index contributed by atoms with van der Waals surface area (Å²) in [6.07, 6.45) is 0. The molecule has 0 heterocycles. The number of carbonyl (C=O) groups is 2. The Morgan fingerprint density at radius 1 is 0.905 bits per heavy atom. The number of hydrogen-bond donors (Lipinski definition) is 0. The predicted molar refractivity (Wildman–Crippen MR) is 78.2 cm³/mol. The molecule has 0 aromatic heterocycles. The van der Waals surface area contributed by atoms with Crippen LogP contribution in [0.3, 0.4) is 0 Å². The van der Waals surface area contributed by atoms with Gasteiger partial charge in [-0.05, 0) is 11.6 Å². The molecule has 2 rings (SSSR count). The summed E-state index contributed by atoms with van der Waals surface area (Å²) in [7, 11) is 1.29. The van der Waals surface area contributed by atoms with Gasteiger partial charge in [-0.15, -0.1) is 0 Å². The van der Waals surface area contributed by atoms with Crippen molar-refractivity contribution in [2.45, 2.75) is 6.61 Å². The molecule has 4 nitrogen and oxygen atoms in total. The van der Waals surface area contributed by atoms with Crippen molar-refractivity contribution in [3.8, 4) is 0 Å². The third-order valence-electron chi connectivity index (χ3n) is 2.98. The molecule has 0 N–H and O–H groups in total. The van der Waals surface area contributed by atoms with Gasteiger partial charge in [-0.3, -0.25) is 4.79 Å². The quantitative estimate of drug-likeness (QED) is 0.604. The fourth-order valence-corrected chi connectivity index (χ4v) is 1.93. The summed E-state index contributed by atoms with van der Waals surface area (Å²) in [5, 5.41) is 0. The lowest BCUT2D eigenvalue weighted by Gasteiger charge is -2.07. The van der Waals surface area contributed by atoms with E-state index in [9.17, 15) is 9.59 Å². The lowest BCUT2D eigenvalue weighted by molar-refractivity contribution is 0.0590. The SMILES string of the molecule is COC(=O)c1ccccc1C(=O)COCc1ccccc1. The van der Waals surface area contributed by atoms with Gasteiger partial charge in [-0.25, -0.2) is 4.79 Å². The number of hydrogen-bond acceptors (Lipinski definition) is 4. The minimum absolute atomic E-state index is 0.0805. The van der Waals surface area contributed by atoms with Crippen molar-refractivity contribution >= 4 is 11.8 Å². The number of rotatable bonds is 6. The van der Waals surface area contributed by atoms with Crippen LogP contribution in [0.25, 0.3) is 0 Å². The van der Waals surface area contributed by atoms with Crippen molar-refractivity contribution in [1.82, 2.24) is 0 Å². The Hall–Kier alpha value is -2.46. The second-order valence-electron chi connectivity index (χ2n) is 4.44. The van der Waals surface area contributed by atoms with Crippen LogP contribution in [0.5, 0.6) is 0 Å². The maximum atomic E-state index is 12.1. The maximum Gasteiger partial charge on any atom is 0.338 e. The smallest absolute Gasteiger partial charge is 0.338 e. The Morgan fingerprint density at radius 3 is 2.19 bits per heavy atom. The first kappa shape index (κ1) is 14.9. The van der Waals surface area contributed by atoms with E-state index in [0.29, 0.717) is 12.2 Å². The average Bonchev–Trinajstić information content (AvgIpc) is 2.55. The van der Waals surface area contributed by atoms with Crippen molar-refractivity contribution in [2.75, 3.05) is 13.7 Å².